The molecule has 1 radical (unpaired) electrons. The molecule has 0 unspecified atom stereocenters. The first-order valence-electron chi connectivity index (χ1n) is 12.4. The average molecular weight is 530 g/mol. The van der Waals surface area contributed by atoms with Crippen LogP contribution in [0.2, 0.25) is 0 Å². The van der Waals surface area contributed by atoms with E-state index in [9.17, 15) is 19.8 Å². The van der Waals surface area contributed by atoms with Crippen LogP contribution in [0.15, 0.2) is 48.8 Å². The summed E-state index contributed by atoms with van der Waals surface area (Å²) in [4.78, 5) is 29.4. The second-order valence-electron chi connectivity index (χ2n) is 8.40. The maximum Gasteiger partial charge on any atom is 2.00 e. The predicted molar refractivity (Wildman–Crippen MR) is 134 cm³/mol. The number of aromatic nitrogens is 2. The molecule has 0 saturated carbocycles. The van der Waals surface area contributed by atoms with Crippen molar-refractivity contribution in [1.82, 2.24) is 9.97 Å². The number of pyridine rings is 2. The summed E-state index contributed by atoms with van der Waals surface area (Å²) < 4.78 is 0. The zero-order valence-electron chi connectivity index (χ0n) is 21.3. The van der Waals surface area contributed by atoms with Crippen LogP contribution in [0, 0.1) is 11.8 Å². The summed E-state index contributed by atoms with van der Waals surface area (Å²) in [7, 11) is 0. The van der Waals surface area contributed by atoms with Crippen molar-refractivity contribution in [3.05, 3.63) is 48.8 Å². The third-order valence-corrected chi connectivity index (χ3v) is 5.56. The minimum Gasteiger partial charge on any atom is -0.550 e. The molecule has 0 N–H and O–H groups in total. The maximum absolute atomic E-state index is 10.4. The number of aliphatic carboxylic acids is 2. The van der Waals surface area contributed by atoms with Crippen molar-refractivity contribution >= 4 is 33.7 Å². The number of hydrogen-bond donors (Lipinski definition) is 0. The van der Waals surface area contributed by atoms with Crippen molar-refractivity contribution in [3.8, 4) is 0 Å². The Balaban J connectivity index is 0.000000504. The standard InChI is InChI=1S/C12H8N2.2C8H16O2.Cu/c1-3-9-5-6-10-4-2-8-14-12(10)11(9)13-7-1;2*1-3-5-7(6-4-2)8(9)10;/h1-8H;2*7H,3-6H2,1-2H3,(H,9,10);/q;;;+2/p-2. The Labute approximate surface area is 220 Å². The smallest absolute Gasteiger partial charge is 0.550 e. The summed E-state index contributed by atoms with van der Waals surface area (Å²) in [6.07, 6.45) is 10.4. The molecular formula is C28H38CuN2O4. The number of hydrogen-bond acceptors (Lipinski definition) is 6. The molecule has 0 spiro atoms. The van der Waals surface area contributed by atoms with Gasteiger partial charge in [0.1, 0.15) is 0 Å². The molecule has 3 aromatic rings. The summed E-state index contributed by atoms with van der Waals surface area (Å²) in [5.74, 6) is -2.20. The number of nitrogens with zero attached hydrogens (tertiary/aromatic N) is 2. The van der Waals surface area contributed by atoms with Crippen LogP contribution in [0.4, 0.5) is 0 Å². The van der Waals surface area contributed by atoms with E-state index in [2.05, 4.69) is 34.2 Å². The van der Waals surface area contributed by atoms with Crippen LogP contribution in [0.25, 0.3) is 21.8 Å². The number of carboxylic acids is 2. The molecule has 195 valence electrons. The van der Waals surface area contributed by atoms with Crippen LogP contribution in [-0.4, -0.2) is 21.9 Å². The number of benzene rings is 1. The van der Waals surface area contributed by atoms with Crippen LogP contribution in [0.3, 0.4) is 0 Å². The zero-order valence-corrected chi connectivity index (χ0v) is 22.2. The minimum atomic E-state index is -0.885. The normalized spacial score (nSPS) is 10.2. The molecule has 3 rings (SSSR count). The zero-order chi connectivity index (χ0) is 25.3. The van der Waals surface area contributed by atoms with Crippen LogP contribution < -0.4 is 10.2 Å². The molecule has 35 heavy (non-hydrogen) atoms. The van der Waals surface area contributed by atoms with Gasteiger partial charge in [-0.2, -0.15) is 0 Å². The Bertz CT molecular complexity index is 920. The molecule has 1 aromatic carbocycles. The van der Waals surface area contributed by atoms with Gasteiger partial charge in [-0.3, -0.25) is 9.97 Å². The van der Waals surface area contributed by atoms with E-state index >= 15 is 0 Å². The van der Waals surface area contributed by atoms with E-state index in [4.69, 9.17) is 0 Å². The van der Waals surface area contributed by atoms with Gasteiger partial charge in [-0.1, -0.05) is 77.6 Å². The molecule has 0 atom stereocenters. The van der Waals surface area contributed by atoms with E-state index < -0.39 is 11.9 Å². The number of carboxylic acid groups (broad SMARTS) is 2. The summed E-state index contributed by atoms with van der Waals surface area (Å²) in [6.45, 7) is 7.97. The van der Waals surface area contributed by atoms with Gasteiger partial charge in [0.2, 0.25) is 0 Å². The van der Waals surface area contributed by atoms with Crippen molar-refractivity contribution in [2.75, 3.05) is 0 Å². The molecule has 0 amide bonds. The fourth-order valence-corrected chi connectivity index (χ4v) is 3.83. The van der Waals surface area contributed by atoms with E-state index in [0.717, 1.165) is 73.2 Å². The van der Waals surface area contributed by atoms with Gasteiger partial charge < -0.3 is 19.8 Å². The van der Waals surface area contributed by atoms with Crippen LogP contribution in [-0.2, 0) is 26.7 Å². The van der Waals surface area contributed by atoms with E-state index in [-0.39, 0.29) is 28.9 Å². The van der Waals surface area contributed by atoms with E-state index in [1.807, 2.05) is 39.8 Å². The van der Waals surface area contributed by atoms with Crippen molar-refractivity contribution in [2.45, 2.75) is 79.1 Å². The van der Waals surface area contributed by atoms with Crippen LogP contribution >= 0.6 is 0 Å². The maximum atomic E-state index is 10.4. The molecule has 0 bridgehead atoms. The quantitative estimate of drug-likeness (QED) is 0.278. The second-order valence-corrected chi connectivity index (χ2v) is 8.40. The number of rotatable bonds is 10. The Kier molecular flexibility index (Phi) is 17.4. The topological polar surface area (TPSA) is 106 Å². The predicted octanol–water partition coefficient (Wildman–Crippen LogP) is 4.69. The van der Waals surface area contributed by atoms with E-state index in [1.54, 1.807) is 12.4 Å². The first-order chi connectivity index (χ1) is 16.4. The van der Waals surface area contributed by atoms with E-state index in [0.29, 0.717) is 0 Å². The average Bonchev–Trinajstić information content (AvgIpc) is 2.84. The molecule has 0 aliphatic carbocycles. The van der Waals surface area contributed by atoms with E-state index in [1.165, 1.54) is 0 Å². The van der Waals surface area contributed by atoms with Gasteiger partial charge in [0.15, 0.2) is 0 Å². The molecule has 6 nitrogen and oxygen atoms in total. The van der Waals surface area contributed by atoms with Gasteiger partial charge in [-0.15, -0.1) is 0 Å². The monoisotopic (exact) mass is 529 g/mol. The first kappa shape index (κ1) is 32.5. The molecule has 2 aromatic heterocycles. The van der Waals surface area contributed by atoms with Gasteiger partial charge in [0.25, 0.3) is 0 Å². The summed E-state index contributed by atoms with van der Waals surface area (Å²) >= 11 is 0. The molecule has 7 heteroatoms. The summed E-state index contributed by atoms with van der Waals surface area (Å²) in [6, 6.07) is 12.1. The van der Waals surface area contributed by atoms with Crippen molar-refractivity contribution < 1.29 is 36.9 Å². The molecule has 0 aliphatic heterocycles. The first-order valence-corrected chi connectivity index (χ1v) is 12.4. The number of carbonyl (C=O) groups excluding carboxylic acids is 2. The van der Waals surface area contributed by atoms with Crippen LogP contribution in [0.5, 0.6) is 0 Å². The fourth-order valence-electron chi connectivity index (χ4n) is 3.83. The van der Waals surface area contributed by atoms with Crippen molar-refractivity contribution in [2.24, 2.45) is 11.8 Å². The molecule has 2 heterocycles. The Morgan fingerprint density at radius 3 is 1.23 bits per heavy atom. The van der Waals surface area contributed by atoms with Gasteiger partial charge in [-0.05, 0) is 49.7 Å². The van der Waals surface area contributed by atoms with Gasteiger partial charge in [0.05, 0.1) is 11.0 Å². The Hall–Kier alpha value is -2.50. The molecule has 0 fully saturated rings. The molecule has 0 aliphatic rings. The number of fused-ring (bicyclic) bond motifs is 3. The van der Waals surface area contributed by atoms with Crippen LogP contribution in [0.1, 0.15) is 79.1 Å². The van der Waals surface area contributed by atoms with Crippen molar-refractivity contribution in [3.63, 3.8) is 0 Å². The number of carbonyl (C=O) groups is 2. The molecular weight excluding hydrogens is 492 g/mol. The SMILES string of the molecule is CCCC(CCC)C(=O)[O-].CCCC(CCC)C(=O)[O-].[Cu+2].c1cnc2c(c1)ccc1cccnc12. The third kappa shape index (κ3) is 11.7. The Morgan fingerprint density at radius 1 is 0.657 bits per heavy atom. The molecule has 0 saturated heterocycles. The summed E-state index contributed by atoms with van der Waals surface area (Å²) in [5, 5.41) is 23.0. The third-order valence-electron chi connectivity index (χ3n) is 5.56. The second kappa shape index (κ2) is 18.8. The van der Waals surface area contributed by atoms with Gasteiger partial charge in [0, 0.05) is 35.1 Å². The van der Waals surface area contributed by atoms with Gasteiger partial charge in [-0.25, -0.2) is 0 Å². The Morgan fingerprint density at radius 2 is 0.971 bits per heavy atom. The summed E-state index contributed by atoms with van der Waals surface area (Å²) in [5.41, 5.74) is 1.95. The fraction of sp³-hybridized carbons (Fsp3) is 0.500. The van der Waals surface area contributed by atoms with Crippen molar-refractivity contribution in [1.29, 1.82) is 0 Å². The largest absolute Gasteiger partial charge is 2.00 e. The van der Waals surface area contributed by atoms with Gasteiger partial charge >= 0.3 is 17.1 Å². The minimum absolute atomic E-state index is 0.